The van der Waals surface area contributed by atoms with Gasteiger partial charge in [0.25, 0.3) is 0 Å². The van der Waals surface area contributed by atoms with Crippen molar-refractivity contribution in [3.05, 3.63) is 72.1 Å². The average Bonchev–Trinajstić information content (AvgIpc) is 3.26. The second-order valence-electron chi connectivity index (χ2n) is 6.10. The maximum Gasteiger partial charge on any atom is 0.326 e. The third kappa shape index (κ3) is 3.58. The van der Waals surface area contributed by atoms with Crippen molar-refractivity contribution in [1.29, 1.82) is 0 Å². The van der Waals surface area contributed by atoms with E-state index in [0.717, 1.165) is 11.4 Å². The molecule has 140 valence electrons. The summed E-state index contributed by atoms with van der Waals surface area (Å²) in [6.45, 7) is 3.55. The number of urea groups is 1. The second-order valence-corrected chi connectivity index (χ2v) is 6.10. The Kier molecular flexibility index (Phi) is 4.55. The molecule has 0 fully saturated rings. The number of nitrogens with one attached hydrogen (secondary N) is 2. The van der Waals surface area contributed by atoms with Gasteiger partial charge in [-0.05, 0) is 38.1 Å². The zero-order chi connectivity index (χ0) is 19.5. The van der Waals surface area contributed by atoms with Crippen molar-refractivity contribution in [3.8, 4) is 11.4 Å². The molecule has 9 heteroatoms. The van der Waals surface area contributed by atoms with Crippen molar-refractivity contribution in [3.63, 3.8) is 0 Å². The number of amides is 2. The van der Waals surface area contributed by atoms with Crippen LogP contribution in [0.5, 0.6) is 0 Å². The van der Waals surface area contributed by atoms with Crippen LogP contribution >= 0.6 is 0 Å². The van der Waals surface area contributed by atoms with Crippen molar-refractivity contribution in [1.82, 2.24) is 30.0 Å². The van der Waals surface area contributed by atoms with Gasteiger partial charge in [-0.25, -0.2) is 4.79 Å². The highest BCUT2D eigenvalue weighted by Gasteiger charge is 2.15. The molecule has 0 saturated carbocycles. The first-order valence-corrected chi connectivity index (χ1v) is 8.67. The van der Waals surface area contributed by atoms with E-state index < -0.39 is 6.03 Å². The normalized spacial score (nSPS) is 10.6. The topological polar surface area (TPSA) is 103 Å². The standard InChI is InChI=1S/C19H18N8O/c1-13-17(24-26(22-13)15-9-5-3-6-10-15)20-19(28)21-18-14(2)23-27(25-18)16-11-7-4-8-12-16/h3-12H,1-2H3,(H2,20,21,24,25,28). The van der Waals surface area contributed by atoms with Crippen molar-refractivity contribution in [2.45, 2.75) is 13.8 Å². The van der Waals surface area contributed by atoms with Crippen LogP contribution in [0, 0.1) is 13.8 Å². The number of rotatable bonds is 4. The van der Waals surface area contributed by atoms with Crippen molar-refractivity contribution in [2.75, 3.05) is 10.6 Å². The van der Waals surface area contributed by atoms with E-state index in [-0.39, 0.29) is 0 Å². The van der Waals surface area contributed by atoms with E-state index in [1.807, 2.05) is 60.7 Å². The molecule has 2 N–H and O–H groups in total. The van der Waals surface area contributed by atoms with Crippen LogP contribution in [-0.2, 0) is 0 Å². The van der Waals surface area contributed by atoms with Crippen molar-refractivity contribution >= 4 is 17.7 Å². The third-order valence-electron chi connectivity index (χ3n) is 4.00. The largest absolute Gasteiger partial charge is 0.326 e. The first-order valence-electron chi connectivity index (χ1n) is 8.67. The van der Waals surface area contributed by atoms with Gasteiger partial charge < -0.3 is 0 Å². The van der Waals surface area contributed by atoms with Gasteiger partial charge in [0.05, 0.1) is 11.4 Å². The fraction of sp³-hybridized carbons (Fsp3) is 0.105. The van der Waals surface area contributed by atoms with Crippen LogP contribution in [0.4, 0.5) is 16.4 Å². The number of aromatic nitrogens is 6. The van der Waals surface area contributed by atoms with Crippen LogP contribution < -0.4 is 10.6 Å². The number of carbonyl (C=O) groups excluding carboxylic acids is 1. The molecule has 0 aliphatic rings. The molecule has 2 heterocycles. The Hall–Kier alpha value is -4.01. The minimum absolute atomic E-state index is 0.370. The number of para-hydroxylation sites is 2. The van der Waals surface area contributed by atoms with Crippen molar-refractivity contribution < 1.29 is 4.79 Å². The number of aryl methyl sites for hydroxylation is 2. The molecule has 0 saturated heterocycles. The lowest BCUT2D eigenvalue weighted by atomic mass is 10.3. The summed E-state index contributed by atoms with van der Waals surface area (Å²) in [5, 5.41) is 22.7. The number of carbonyl (C=O) groups is 1. The molecule has 0 radical (unpaired) electrons. The third-order valence-corrected chi connectivity index (χ3v) is 4.00. The molecule has 0 spiro atoms. The zero-order valence-corrected chi connectivity index (χ0v) is 15.4. The van der Waals surface area contributed by atoms with Gasteiger partial charge in [-0.1, -0.05) is 36.4 Å². The molecule has 2 aromatic heterocycles. The van der Waals surface area contributed by atoms with Gasteiger partial charge in [0.2, 0.25) is 0 Å². The Labute approximate surface area is 161 Å². The highest BCUT2D eigenvalue weighted by atomic mass is 16.2. The first kappa shape index (κ1) is 17.4. The summed E-state index contributed by atoms with van der Waals surface area (Å²) in [5.41, 5.74) is 2.81. The number of benzene rings is 2. The van der Waals surface area contributed by atoms with E-state index in [4.69, 9.17) is 0 Å². The summed E-state index contributed by atoms with van der Waals surface area (Å²) < 4.78 is 0. The van der Waals surface area contributed by atoms with E-state index in [0.29, 0.717) is 23.0 Å². The van der Waals surface area contributed by atoms with E-state index in [1.54, 1.807) is 13.8 Å². The summed E-state index contributed by atoms with van der Waals surface area (Å²) in [4.78, 5) is 15.3. The number of nitrogens with zero attached hydrogens (tertiary/aromatic N) is 6. The predicted octanol–water partition coefficient (Wildman–Crippen LogP) is 3.11. The fourth-order valence-electron chi connectivity index (χ4n) is 2.59. The lowest BCUT2D eigenvalue weighted by molar-refractivity contribution is 0.262. The molecular weight excluding hydrogens is 356 g/mol. The molecule has 2 aromatic carbocycles. The summed E-state index contributed by atoms with van der Waals surface area (Å²) in [6, 6.07) is 18.5. The van der Waals surface area contributed by atoms with E-state index in [2.05, 4.69) is 31.0 Å². The predicted molar refractivity (Wildman–Crippen MR) is 105 cm³/mol. The Balaban J connectivity index is 1.48. The highest BCUT2D eigenvalue weighted by molar-refractivity contribution is 5.99. The Morgan fingerprint density at radius 3 is 1.46 bits per heavy atom. The molecule has 0 atom stereocenters. The van der Waals surface area contributed by atoms with Gasteiger partial charge in [-0.3, -0.25) is 10.6 Å². The zero-order valence-electron chi connectivity index (χ0n) is 15.4. The van der Waals surface area contributed by atoms with Gasteiger partial charge in [-0.15, -0.1) is 19.8 Å². The Morgan fingerprint density at radius 1 is 0.679 bits per heavy atom. The lowest BCUT2D eigenvalue weighted by Gasteiger charge is -2.03. The number of hydrogen-bond donors (Lipinski definition) is 2. The SMILES string of the molecule is Cc1nn(-c2ccccc2)nc1NC(=O)Nc1nn(-c2ccccc2)nc1C. The molecule has 0 unspecified atom stereocenters. The lowest BCUT2D eigenvalue weighted by Crippen LogP contribution is -2.21. The maximum atomic E-state index is 12.4. The van der Waals surface area contributed by atoms with Crippen molar-refractivity contribution in [2.24, 2.45) is 0 Å². The van der Waals surface area contributed by atoms with E-state index in [9.17, 15) is 4.79 Å². The van der Waals surface area contributed by atoms with Crippen LogP contribution in [0.3, 0.4) is 0 Å². The molecule has 0 bridgehead atoms. The molecular formula is C19H18N8O. The maximum absolute atomic E-state index is 12.4. The molecule has 4 rings (SSSR count). The molecule has 4 aromatic rings. The molecule has 9 nitrogen and oxygen atoms in total. The van der Waals surface area contributed by atoms with Gasteiger partial charge in [0.1, 0.15) is 11.4 Å². The first-order chi connectivity index (χ1) is 13.6. The van der Waals surface area contributed by atoms with Crippen LogP contribution in [0.1, 0.15) is 11.4 Å². The number of hydrogen-bond acceptors (Lipinski definition) is 5. The minimum atomic E-state index is -0.466. The van der Waals surface area contributed by atoms with Gasteiger partial charge in [-0.2, -0.15) is 10.2 Å². The summed E-state index contributed by atoms with van der Waals surface area (Å²) in [7, 11) is 0. The quantitative estimate of drug-likeness (QED) is 0.571. The Bertz CT molecular complexity index is 1010. The highest BCUT2D eigenvalue weighted by Crippen LogP contribution is 2.15. The fourth-order valence-corrected chi connectivity index (χ4v) is 2.59. The summed E-state index contributed by atoms with van der Waals surface area (Å²) in [6.07, 6.45) is 0. The summed E-state index contributed by atoms with van der Waals surface area (Å²) >= 11 is 0. The van der Waals surface area contributed by atoms with Gasteiger partial charge in [0.15, 0.2) is 11.6 Å². The summed E-state index contributed by atoms with van der Waals surface area (Å²) in [5.74, 6) is 0.740. The van der Waals surface area contributed by atoms with Crippen LogP contribution in [0.2, 0.25) is 0 Å². The van der Waals surface area contributed by atoms with Gasteiger partial charge in [0, 0.05) is 0 Å². The van der Waals surface area contributed by atoms with E-state index in [1.165, 1.54) is 9.59 Å². The van der Waals surface area contributed by atoms with Gasteiger partial charge >= 0.3 is 6.03 Å². The van der Waals surface area contributed by atoms with Crippen LogP contribution in [0.25, 0.3) is 11.4 Å². The minimum Gasteiger partial charge on any atom is -0.289 e. The smallest absolute Gasteiger partial charge is 0.289 e. The van der Waals surface area contributed by atoms with Crippen LogP contribution in [-0.4, -0.2) is 36.0 Å². The average molecular weight is 374 g/mol. The van der Waals surface area contributed by atoms with Crippen LogP contribution in [0.15, 0.2) is 60.7 Å². The molecule has 2 amide bonds. The Morgan fingerprint density at radius 2 is 1.07 bits per heavy atom. The second kappa shape index (κ2) is 7.31. The molecule has 28 heavy (non-hydrogen) atoms. The monoisotopic (exact) mass is 374 g/mol. The van der Waals surface area contributed by atoms with E-state index >= 15 is 0 Å². The molecule has 0 aliphatic carbocycles. The molecule has 0 aliphatic heterocycles. The number of anilines is 2.